The lowest BCUT2D eigenvalue weighted by Gasteiger charge is -2.37. The maximum Gasteiger partial charge on any atom is 0.346 e. The minimum Gasteiger partial charge on any atom is -0.498 e. The summed E-state index contributed by atoms with van der Waals surface area (Å²) in [6.45, 7) is 11.8. The Morgan fingerprint density at radius 2 is 1.76 bits per heavy atom. The molecule has 0 radical (unpaired) electrons. The molecule has 1 N–H and O–H groups in total. The minimum absolute atomic E-state index is 0.0252. The summed E-state index contributed by atoms with van der Waals surface area (Å²) in [5.74, 6) is 0.599. The molecule has 4 rings (SSSR count). The summed E-state index contributed by atoms with van der Waals surface area (Å²) < 4.78 is 9.30. The van der Waals surface area contributed by atoms with E-state index in [0.29, 0.717) is 45.4 Å². The topological polar surface area (TPSA) is 86.4 Å². The van der Waals surface area contributed by atoms with Crippen LogP contribution in [0, 0.1) is 5.41 Å². The van der Waals surface area contributed by atoms with Crippen LogP contribution >= 0.6 is 0 Å². The number of rotatable bonds is 12. The third-order valence-corrected chi connectivity index (χ3v) is 7.95. The van der Waals surface area contributed by atoms with Gasteiger partial charge in [-0.05, 0) is 66.9 Å². The van der Waals surface area contributed by atoms with Crippen molar-refractivity contribution in [2.45, 2.75) is 85.2 Å². The molecule has 0 saturated heterocycles. The van der Waals surface area contributed by atoms with Crippen molar-refractivity contribution in [1.82, 2.24) is 14.3 Å². The predicted molar refractivity (Wildman–Crippen MR) is 163 cm³/mol. The summed E-state index contributed by atoms with van der Waals surface area (Å²) in [6.07, 6.45) is 6.40. The highest BCUT2D eigenvalue weighted by molar-refractivity contribution is 5.73. The van der Waals surface area contributed by atoms with Crippen molar-refractivity contribution in [2.24, 2.45) is 5.41 Å². The zero-order chi connectivity index (χ0) is 29.6. The lowest BCUT2D eigenvalue weighted by molar-refractivity contribution is -0.140. The highest BCUT2D eigenvalue weighted by Gasteiger charge is 2.40. The number of benzene rings is 2. The number of nitrogens with zero attached hydrogens (tertiary/aromatic N) is 3. The Hall–Kier alpha value is -3.87. The van der Waals surface area contributed by atoms with Crippen molar-refractivity contribution in [2.75, 3.05) is 6.61 Å². The van der Waals surface area contributed by atoms with Crippen LogP contribution in [0.1, 0.15) is 82.8 Å². The molecule has 1 aromatic heterocycles. The quantitative estimate of drug-likeness (QED) is 0.271. The van der Waals surface area contributed by atoms with Gasteiger partial charge >= 0.3 is 11.7 Å². The Morgan fingerprint density at radius 3 is 2.37 bits per heavy atom. The number of hydrogen-bond donors (Lipinski definition) is 1. The standard InChI is InChI=1S/C34H43N3O4/c1-6-36-30(35-37(32(36)40)24-25-15-18-28(19-16-25)33(3,4)5)14-11-21-34(23-31(38)39)22-27(17-20-29(34)41-7-2)26-12-9-8-10-13-26/h8-10,12-13,15-20H,6-7,11,14,21-24H2,1-5H3,(H,38,39). The molecule has 0 spiro atoms. The maximum absolute atomic E-state index is 13.2. The smallest absolute Gasteiger partial charge is 0.346 e. The number of hydrogen-bond acceptors (Lipinski definition) is 4. The molecule has 0 fully saturated rings. The van der Waals surface area contributed by atoms with Gasteiger partial charge in [0.25, 0.3) is 0 Å². The van der Waals surface area contributed by atoms with Gasteiger partial charge in [0.2, 0.25) is 0 Å². The predicted octanol–water partition coefficient (Wildman–Crippen LogP) is 6.60. The lowest BCUT2D eigenvalue weighted by atomic mass is 9.69. The van der Waals surface area contributed by atoms with Crippen LogP contribution in [0.25, 0.3) is 5.57 Å². The highest BCUT2D eigenvalue weighted by atomic mass is 16.5. The van der Waals surface area contributed by atoms with Crippen molar-refractivity contribution >= 4 is 11.5 Å². The third-order valence-electron chi connectivity index (χ3n) is 7.95. The lowest BCUT2D eigenvalue weighted by Crippen LogP contribution is -2.31. The van der Waals surface area contributed by atoms with Gasteiger partial charge in [0.05, 0.1) is 19.6 Å². The molecule has 0 aliphatic heterocycles. The monoisotopic (exact) mass is 557 g/mol. The summed E-state index contributed by atoms with van der Waals surface area (Å²) in [7, 11) is 0. The van der Waals surface area contributed by atoms with Crippen LogP contribution in [0.2, 0.25) is 0 Å². The van der Waals surface area contributed by atoms with Gasteiger partial charge in [-0.1, -0.05) is 81.4 Å². The largest absolute Gasteiger partial charge is 0.498 e. The summed E-state index contributed by atoms with van der Waals surface area (Å²) in [5.41, 5.74) is 3.74. The molecule has 218 valence electrons. The van der Waals surface area contributed by atoms with Crippen LogP contribution in [0.4, 0.5) is 0 Å². The van der Waals surface area contributed by atoms with Crippen LogP contribution in [0.15, 0.2) is 77.3 Å². The first-order valence-electron chi connectivity index (χ1n) is 14.6. The van der Waals surface area contributed by atoms with E-state index in [2.05, 4.69) is 57.2 Å². The van der Waals surface area contributed by atoms with Crippen LogP contribution < -0.4 is 5.69 Å². The average molecular weight is 558 g/mol. The van der Waals surface area contributed by atoms with Crippen molar-refractivity contribution in [3.8, 4) is 0 Å². The van der Waals surface area contributed by atoms with E-state index in [4.69, 9.17) is 9.84 Å². The molecule has 2 aromatic carbocycles. The molecule has 7 heteroatoms. The molecule has 1 heterocycles. The van der Waals surface area contributed by atoms with E-state index in [9.17, 15) is 14.7 Å². The van der Waals surface area contributed by atoms with Gasteiger partial charge in [-0.2, -0.15) is 5.10 Å². The van der Waals surface area contributed by atoms with E-state index in [0.717, 1.165) is 28.3 Å². The number of ether oxygens (including phenoxy) is 1. The molecule has 7 nitrogen and oxygen atoms in total. The summed E-state index contributed by atoms with van der Waals surface area (Å²) in [4.78, 5) is 25.3. The third kappa shape index (κ3) is 7.07. The molecule has 0 saturated carbocycles. The van der Waals surface area contributed by atoms with Gasteiger partial charge in [0, 0.05) is 18.4 Å². The van der Waals surface area contributed by atoms with Gasteiger partial charge < -0.3 is 9.84 Å². The molecule has 0 bridgehead atoms. The zero-order valence-corrected chi connectivity index (χ0v) is 25.0. The number of aliphatic carboxylic acids is 1. The Balaban J connectivity index is 1.54. The van der Waals surface area contributed by atoms with Crippen LogP contribution in [-0.2, 0) is 34.5 Å². The Kier molecular flexibility index (Phi) is 9.36. The van der Waals surface area contributed by atoms with Gasteiger partial charge in [0.15, 0.2) is 0 Å². The number of aromatic nitrogens is 3. The summed E-state index contributed by atoms with van der Waals surface area (Å²) in [5, 5.41) is 14.7. The van der Waals surface area contributed by atoms with Crippen LogP contribution in [0.3, 0.4) is 0 Å². The molecule has 0 amide bonds. The molecular formula is C34H43N3O4. The van der Waals surface area contributed by atoms with E-state index in [1.165, 1.54) is 5.56 Å². The van der Waals surface area contributed by atoms with Crippen molar-refractivity contribution in [3.05, 3.63) is 106 Å². The number of allylic oxidation sites excluding steroid dienone is 4. The molecule has 1 unspecified atom stereocenters. The number of carboxylic acid groups (broad SMARTS) is 1. The second-order valence-corrected chi connectivity index (χ2v) is 12.0. The van der Waals surface area contributed by atoms with E-state index >= 15 is 0 Å². The SMILES string of the molecule is CCOC1=CC=C(c2ccccc2)CC1(CCCc1nn(Cc2ccc(C(C)(C)C)cc2)c(=O)n1CC)CC(=O)O. The number of carboxylic acids is 1. The van der Waals surface area contributed by atoms with Crippen LogP contribution in [-0.4, -0.2) is 32.0 Å². The van der Waals surface area contributed by atoms with E-state index in [1.54, 1.807) is 9.25 Å². The van der Waals surface area contributed by atoms with Crippen molar-refractivity contribution in [1.29, 1.82) is 0 Å². The second-order valence-electron chi connectivity index (χ2n) is 12.0. The summed E-state index contributed by atoms with van der Waals surface area (Å²) in [6, 6.07) is 18.4. The average Bonchev–Trinajstić information content (AvgIpc) is 3.23. The highest BCUT2D eigenvalue weighted by Crippen LogP contribution is 2.48. The molecule has 1 aliphatic rings. The fourth-order valence-corrected chi connectivity index (χ4v) is 5.77. The fraction of sp³-hybridized carbons (Fsp3) is 0.441. The Labute approximate surface area is 243 Å². The van der Waals surface area contributed by atoms with E-state index < -0.39 is 11.4 Å². The zero-order valence-electron chi connectivity index (χ0n) is 25.0. The molecular weight excluding hydrogens is 514 g/mol. The molecule has 1 atom stereocenters. The maximum atomic E-state index is 13.2. The number of carbonyl (C=O) groups is 1. The van der Waals surface area contributed by atoms with Gasteiger partial charge in [0.1, 0.15) is 11.6 Å². The summed E-state index contributed by atoms with van der Waals surface area (Å²) >= 11 is 0. The minimum atomic E-state index is -0.850. The molecule has 1 aliphatic carbocycles. The molecule has 3 aromatic rings. The van der Waals surface area contributed by atoms with E-state index in [-0.39, 0.29) is 17.5 Å². The first-order chi connectivity index (χ1) is 19.6. The van der Waals surface area contributed by atoms with E-state index in [1.807, 2.05) is 44.2 Å². The first kappa shape index (κ1) is 30.1. The van der Waals surface area contributed by atoms with Crippen molar-refractivity contribution in [3.63, 3.8) is 0 Å². The van der Waals surface area contributed by atoms with Gasteiger partial charge in [-0.15, -0.1) is 0 Å². The Morgan fingerprint density at radius 1 is 1.05 bits per heavy atom. The first-order valence-corrected chi connectivity index (χ1v) is 14.6. The van der Waals surface area contributed by atoms with Gasteiger partial charge in [-0.3, -0.25) is 9.36 Å². The van der Waals surface area contributed by atoms with Crippen LogP contribution in [0.5, 0.6) is 0 Å². The second kappa shape index (κ2) is 12.8. The fourth-order valence-electron chi connectivity index (χ4n) is 5.77. The number of aryl methyl sites for hydroxylation is 1. The van der Waals surface area contributed by atoms with Gasteiger partial charge in [-0.25, -0.2) is 9.48 Å². The molecule has 41 heavy (non-hydrogen) atoms. The normalized spacial score (nSPS) is 17.2. The van der Waals surface area contributed by atoms with Crippen molar-refractivity contribution < 1.29 is 14.6 Å². The Bertz CT molecular complexity index is 1460.